The zero-order chi connectivity index (χ0) is 12.8. The number of carbonyl (C=O) groups is 1. The van der Waals surface area contributed by atoms with Gasteiger partial charge in [0.1, 0.15) is 5.76 Å². The third kappa shape index (κ3) is 1.75. The van der Waals surface area contributed by atoms with Crippen molar-refractivity contribution in [3.63, 3.8) is 0 Å². The summed E-state index contributed by atoms with van der Waals surface area (Å²) < 4.78 is 0.900. The molecule has 18 heavy (non-hydrogen) atoms. The second kappa shape index (κ2) is 4.29. The van der Waals surface area contributed by atoms with Crippen molar-refractivity contribution in [2.75, 3.05) is 5.75 Å². The highest BCUT2D eigenvalue weighted by atomic mass is 79.9. The highest BCUT2D eigenvalue weighted by Gasteiger charge is 2.49. The molecule has 2 atom stereocenters. The molecule has 3 aliphatic rings. The fourth-order valence-corrected chi connectivity index (χ4v) is 3.72. The fraction of sp³-hybridized carbons (Fsp3) is 0.250. The molecule has 6 heteroatoms. The highest BCUT2D eigenvalue weighted by Crippen LogP contribution is 2.48. The van der Waals surface area contributed by atoms with Crippen molar-refractivity contribution in [2.24, 2.45) is 5.41 Å². The molecule has 0 aromatic heterocycles. The van der Waals surface area contributed by atoms with Crippen LogP contribution in [-0.4, -0.2) is 22.9 Å². The van der Waals surface area contributed by atoms with E-state index in [4.69, 9.17) is 9.94 Å². The van der Waals surface area contributed by atoms with E-state index >= 15 is 0 Å². The van der Waals surface area contributed by atoms with E-state index in [1.165, 1.54) is 11.8 Å². The Hall–Kier alpha value is -0.980. The summed E-state index contributed by atoms with van der Waals surface area (Å²) >= 11 is 4.75. The summed E-state index contributed by atoms with van der Waals surface area (Å²) in [6, 6.07) is 0.0555. The molecule has 0 amide bonds. The number of carboxylic acid groups (broad SMARTS) is 1. The Labute approximate surface area is 117 Å². The number of nitrogens with one attached hydrogen (secondary N) is 1. The Bertz CT molecular complexity index is 537. The van der Waals surface area contributed by atoms with Gasteiger partial charge < -0.3 is 9.94 Å². The Morgan fingerprint density at radius 2 is 2.50 bits per heavy atom. The Morgan fingerprint density at radius 1 is 1.67 bits per heavy atom. The molecule has 4 nitrogen and oxygen atoms in total. The van der Waals surface area contributed by atoms with E-state index in [1.807, 2.05) is 24.3 Å². The van der Waals surface area contributed by atoms with Gasteiger partial charge >= 0.3 is 5.97 Å². The van der Waals surface area contributed by atoms with E-state index in [9.17, 15) is 4.79 Å². The molecule has 2 N–H and O–H groups in total. The summed E-state index contributed by atoms with van der Waals surface area (Å²) in [5, 5.41) is 9.15. The molecule has 2 aliphatic heterocycles. The van der Waals surface area contributed by atoms with E-state index in [0.29, 0.717) is 10.7 Å². The number of carboxylic acids is 1. The molecular weight excluding hydrogens is 318 g/mol. The Balaban J connectivity index is 2.13. The van der Waals surface area contributed by atoms with Crippen molar-refractivity contribution in [3.8, 4) is 0 Å². The number of hydroxylamine groups is 1. The van der Waals surface area contributed by atoms with Gasteiger partial charge in [0.25, 0.3) is 0 Å². The van der Waals surface area contributed by atoms with Gasteiger partial charge in [0.15, 0.2) is 0 Å². The van der Waals surface area contributed by atoms with Gasteiger partial charge in [-0.1, -0.05) is 28.1 Å². The van der Waals surface area contributed by atoms with Gasteiger partial charge in [-0.15, -0.1) is 11.8 Å². The maximum Gasteiger partial charge on any atom is 0.341 e. The quantitative estimate of drug-likeness (QED) is 0.774. The average Bonchev–Trinajstić information content (AvgIpc) is 2.60. The molecule has 0 saturated carbocycles. The number of aliphatic carboxylic acids is 1. The minimum Gasteiger partial charge on any atom is -0.477 e. The topological polar surface area (TPSA) is 58.6 Å². The minimum atomic E-state index is -0.885. The van der Waals surface area contributed by atoms with E-state index in [-0.39, 0.29) is 6.04 Å². The van der Waals surface area contributed by atoms with E-state index in [1.54, 1.807) is 6.08 Å². The molecule has 3 rings (SSSR count). The first kappa shape index (κ1) is 12.1. The summed E-state index contributed by atoms with van der Waals surface area (Å²) in [5.74, 6) is 0.504. The molecule has 1 fully saturated rings. The van der Waals surface area contributed by atoms with Crippen LogP contribution < -0.4 is 5.48 Å². The molecule has 1 aliphatic carbocycles. The number of halogens is 1. The zero-order valence-corrected chi connectivity index (χ0v) is 11.6. The highest BCUT2D eigenvalue weighted by molar-refractivity contribution is 9.11. The van der Waals surface area contributed by atoms with Gasteiger partial charge in [-0.2, -0.15) is 5.48 Å². The number of thioether (sulfide) groups is 1. The van der Waals surface area contributed by atoms with Crippen LogP contribution in [0.1, 0.15) is 0 Å². The smallest absolute Gasteiger partial charge is 0.341 e. The molecule has 94 valence electrons. The van der Waals surface area contributed by atoms with Gasteiger partial charge in [0.2, 0.25) is 0 Å². The standard InChI is InChI=1S/C12H10BrNO3S/c13-7-2-1-3-12-5-8(11(15)16)18-6-9(12)14-17-10(12)4-7/h1-5,9,14H,6H2,(H,15,16). The first-order valence-corrected chi connectivity index (χ1v) is 7.18. The second-order valence-corrected chi connectivity index (χ2v) is 6.23. The first-order chi connectivity index (χ1) is 8.62. The van der Waals surface area contributed by atoms with Gasteiger partial charge in [-0.05, 0) is 18.2 Å². The monoisotopic (exact) mass is 327 g/mol. The van der Waals surface area contributed by atoms with Crippen LogP contribution in [0, 0.1) is 5.41 Å². The average molecular weight is 328 g/mol. The molecule has 0 aromatic rings. The van der Waals surface area contributed by atoms with Crippen molar-refractivity contribution < 1.29 is 14.7 Å². The summed E-state index contributed by atoms with van der Waals surface area (Å²) in [6.07, 6.45) is 9.47. The molecular formula is C12H10BrNO3S. The second-order valence-electron chi connectivity index (χ2n) is 4.25. The van der Waals surface area contributed by atoms with Crippen LogP contribution in [0.3, 0.4) is 0 Å². The number of allylic oxidation sites excluding steroid dienone is 4. The number of hydrogen-bond acceptors (Lipinski definition) is 4. The molecule has 0 aromatic carbocycles. The third-order valence-electron chi connectivity index (χ3n) is 3.20. The predicted molar refractivity (Wildman–Crippen MR) is 72.9 cm³/mol. The SMILES string of the molecule is O=C(O)C1=CC23C=CC=C(Br)C=C2ONC3CS1. The Morgan fingerprint density at radius 3 is 3.28 bits per heavy atom. The van der Waals surface area contributed by atoms with Crippen LogP contribution in [0.2, 0.25) is 0 Å². The predicted octanol–water partition coefficient (Wildman–Crippen LogP) is 2.32. The number of rotatable bonds is 1. The van der Waals surface area contributed by atoms with Gasteiger partial charge in [-0.25, -0.2) is 4.79 Å². The molecule has 0 radical (unpaired) electrons. The molecule has 1 spiro atoms. The van der Waals surface area contributed by atoms with E-state index < -0.39 is 11.4 Å². The van der Waals surface area contributed by atoms with Gasteiger partial charge in [0.05, 0.1) is 16.4 Å². The van der Waals surface area contributed by atoms with Crippen LogP contribution in [0.25, 0.3) is 0 Å². The van der Waals surface area contributed by atoms with Gasteiger partial charge in [0, 0.05) is 10.2 Å². The van der Waals surface area contributed by atoms with Crippen molar-refractivity contribution in [1.82, 2.24) is 5.48 Å². The summed E-state index contributed by atoms with van der Waals surface area (Å²) in [6.45, 7) is 0. The van der Waals surface area contributed by atoms with Crippen LogP contribution in [0.15, 0.2) is 45.5 Å². The van der Waals surface area contributed by atoms with E-state index in [0.717, 1.165) is 10.2 Å². The van der Waals surface area contributed by atoms with Crippen molar-refractivity contribution in [1.29, 1.82) is 0 Å². The summed E-state index contributed by atoms with van der Waals surface area (Å²) in [5.41, 5.74) is 2.48. The Kier molecular flexibility index (Phi) is 2.88. The van der Waals surface area contributed by atoms with Crippen molar-refractivity contribution >= 4 is 33.7 Å². The van der Waals surface area contributed by atoms with Crippen LogP contribution in [0.5, 0.6) is 0 Å². The maximum atomic E-state index is 11.1. The lowest BCUT2D eigenvalue weighted by molar-refractivity contribution is -0.131. The van der Waals surface area contributed by atoms with Crippen molar-refractivity contribution in [2.45, 2.75) is 6.04 Å². The van der Waals surface area contributed by atoms with Crippen LogP contribution >= 0.6 is 27.7 Å². The molecule has 0 bridgehead atoms. The fourth-order valence-electron chi connectivity index (χ4n) is 2.26. The lowest BCUT2D eigenvalue weighted by Crippen LogP contribution is -2.39. The molecule has 2 unspecified atom stereocenters. The zero-order valence-electron chi connectivity index (χ0n) is 9.22. The van der Waals surface area contributed by atoms with Gasteiger partial charge in [-0.3, -0.25) is 0 Å². The minimum absolute atomic E-state index is 0.0555. The number of hydrogen-bond donors (Lipinski definition) is 2. The summed E-state index contributed by atoms with van der Waals surface area (Å²) in [4.78, 5) is 17.0. The summed E-state index contributed by atoms with van der Waals surface area (Å²) in [7, 11) is 0. The van der Waals surface area contributed by atoms with E-state index in [2.05, 4.69) is 21.4 Å². The van der Waals surface area contributed by atoms with Crippen LogP contribution in [0.4, 0.5) is 0 Å². The van der Waals surface area contributed by atoms with Crippen molar-refractivity contribution in [3.05, 3.63) is 45.5 Å². The largest absolute Gasteiger partial charge is 0.477 e. The lowest BCUT2D eigenvalue weighted by Gasteiger charge is -2.30. The third-order valence-corrected chi connectivity index (χ3v) is 4.79. The first-order valence-electron chi connectivity index (χ1n) is 5.40. The molecule has 1 saturated heterocycles. The normalized spacial score (nSPS) is 33.4. The van der Waals surface area contributed by atoms with Crippen LogP contribution in [-0.2, 0) is 9.63 Å². The maximum absolute atomic E-state index is 11.1. The lowest BCUT2D eigenvalue weighted by atomic mass is 9.79. The molecule has 2 heterocycles.